The SMILES string of the molecule is Cc1ccc(C)c(OC(C)C(=O)N2CCN(S(=O)(=O)c3ccccc3)CC2)c1. The Labute approximate surface area is 166 Å². The topological polar surface area (TPSA) is 66.9 Å². The minimum Gasteiger partial charge on any atom is -0.481 e. The van der Waals surface area contributed by atoms with Gasteiger partial charge in [-0.3, -0.25) is 4.79 Å². The zero-order valence-electron chi connectivity index (χ0n) is 16.5. The Hall–Kier alpha value is -2.38. The first-order chi connectivity index (χ1) is 13.3. The van der Waals surface area contributed by atoms with Crippen molar-refractivity contribution in [2.45, 2.75) is 31.8 Å². The maximum atomic E-state index is 12.8. The minimum atomic E-state index is -3.53. The molecule has 2 aromatic carbocycles. The molecule has 1 unspecified atom stereocenters. The summed E-state index contributed by atoms with van der Waals surface area (Å²) < 4.78 is 32.7. The Balaban J connectivity index is 1.61. The number of nitrogens with zero attached hydrogens (tertiary/aromatic N) is 2. The second kappa shape index (κ2) is 8.32. The average Bonchev–Trinajstić information content (AvgIpc) is 2.71. The van der Waals surface area contributed by atoms with Crippen molar-refractivity contribution in [3.8, 4) is 5.75 Å². The zero-order valence-corrected chi connectivity index (χ0v) is 17.3. The first kappa shape index (κ1) is 20.4. The summed E-state index contributed by atoms with van der Waals surface area (Å²) in [6.45, 7) is 6.91. The van der Waals surface area contributed by atoms with E-state index < -0.39 is 16.1 Å². The first-order valence-corrected chi connectivity index (χ1v) is 10.8. The number of benzene rings is 2. The molecule has 0 N–H and O–H groups in total. The Bertz CT molecular complexity index is 936. The number of hydrogen-bond donors (Lipinski definition) is 0. The normalized spacial score (nSPS) is 16.6. The van der Waals surface area contributed by atoms with Crippen LogP contribution in [0.15, 0.2) is 53.4 Å². The Morgan fingerprint density at radius 1 is 1.00 bits per heavy atom. The summed E-state index contributed by atoms with van der Waals surface area (Å²) in [6, 6.07) is 14.3. The fourth-order valence-corrected chi connectivity index (χ4v) is 4.67. The van der Waals surface area contributed by atoms with Crippen LogP contribution in [0.2, 0.25) is 0 Å². The number of rotatable bonds is 5. The van der Waals surface area contributed by atoms with Crippen molar-refractivity contribution in [2.24, 2.45) is 0 Å². The molecule has 1 heterocycles. The molecule has 150 valence electrons. The maximum Gasteiger partial charge on any atom is 0.263 e. The van der Waals surface area contributed by atoms with E-state index in [2.05, 4.69) is 0 Å². The smallest absolute Gasteiger partial charge is 0.263 e. The summed E-state index contributed by atoms with van der Waals surface area (Å²) in [4.78, 5) is 14.7. The molecule has 6 nitrogen and oxygen atoms in total. The fourth-order valence-electron chi connectivity index (χ4n) is 3.22. The molecule has 2 aromatic rings. The molecule has 28 heavy (non-hydrogen) atoms. The van der Waals surface area contributed by atoms with Crippen LogP contribution in [0, 0.1) is 13.8 Å². The third-order valence-electron chi connectivity index (χ3n) is 4.93. The largest absolute Gasteiger partial charge is 0.481 e. The predicted octanol–water partition coefficient (Wildman–Crippen LogP) is 2.60. The number of ether oxygens (including phenoxy) is 1. The second-order valence-corrected chi connectivity index (χ2v) is 9.01. The second-order valence-electron chi connectivity index (χ2n) is 7.07. The molecule has 1 aliphatic heterocycles. The van der Waals surface area contributed by atoms with Gasteiger partial charge in [0, 0.05) is 26.2 Å². The molecule has 7 heteroatoms. The first-order valence-electron chi connectivity index (χ1n) is 9.37. The van der Waals surface area contributed by atoms with Crippen molar-refractivity contribution in [1.29, 1.82) is 0 Å². The number of hydrogen-bond acceptors (Lipinski definition) is 4. The van der Waals surface area contributed by atoms with Crippen LogP contribution in [-0.4, -0.2) is 55.8 Å². The summed E-state index contributed by atoms with van der Waals surface area (Å²) in [5.41, 5.74) is 2.05. The number of amides is 1. The van der Waals surface area contributed by atoms with E-state index in [9.17, 15) is 13.2 Å². The molecular formula is C21H26N2O4S. The van der Waals surface area contributed by atoms with E-state index in [1.165, 1.54) is 4.31 Å². The Morgan fingerprint density at radius 3 is 2.29 bits per heavy atom. The number of carbonyl (C=O) groups is 1. The van der Waals surface area contributed by atoms with E-state index >= 15 is 0 Å². The highest BCUT2D eigenvalue weighted by Gasteiger charge is 2.32. The predicted molar refractivity (Wildman–Crippen MR) is 108 cm³/mol. The zero-order chi connectivity index (χ0) is 20.3. The number of carbonyl (C=O) groups excluding carboxylic acids is 1. The van der Waals surface area contributed by atoms with Gasteiger partial charge in [0.05, 0.1) is 4.90 Å². The summed E-state index contributed by atoms with van der Waals surface area (Å²) in [5, 5.41) is 0. The molecule has 0 radical (unpaired) electrons. The third-order valence-corrected chi connectivity index (χ3v) is 6.84. The molecule has 0 bridgehead atoms. The van der Waals surface area contributed by atoms with Crippen molar-refractivity contribution in [3.63, 3.8) is 0 Å². The van der Waals surface area contributed by atoms with E-state index in [1.54, 1.807) is 42.2 Å². The summed E-state index contributed by atoms with van der Waals surface area (Å²) >= 11 is 0. The monoisotopic (exact) mass is 402 g/mol. The van der Waals surface area contributed by atoms with Gasteiger partial charge < -0.3 is 9.64 Å². The number of sulfonamides is 1. The van der Waals surface area contributed by atoms with Gasteiger partial charge in [-0.15, -0.1) is 0 Å². The van der Waals surface area contributed by atoms with Gasteiger partial charge in [0.1, 0.15) is 5.75 Å². The lowest BCUT2D eigenvalue weighted by Crippen LogP contribution is -2.53. The molecule has 1 aliphatic rings. The van der Waals surface area contributed by atoms with Gasteiger partial charge in [-0.2, -0.15) is 4.31 Å². The van der Waals surface area contributed by atoms with Gasteiger partial charge in [-0.25, -0.2) is 8.42 Å². The Kier molecular flexibility index (Phi) is 6.05. The molecule has 0 saturated carbocycles. The molecule has 1 amide bonds. The molecule has 0 spiro atoms. The van der Waals surface area contributed by atoms with Gasteiger partial charge in [0.2, 0.25) is 10.0 Å². The van der Waals surface area contributed by atoms with E-state index in [0.29, 0.717) is 18.8 Å². The average molecular weight is 403 g/mol. The van der Waals surface area contributed by atoms with Crippen LogP contribution in [-0.2, 0) is 14.8 Å². The van der Waals surface area contributed by atoms with Crippen molar-refractivity contribution < 1.29 is 17.9 Å². The molecule has 1 fully saturated rings. The summed E-state index contributed by atoms with van der Waals surface area (Å²) in [6.07, 6.45) is -0.627. The summed E-state index contributed by atoms with van der Waals surface area (Å²) in [7, 11) is -3.53. The molecule has 1 atom stereocenters. The van der Waals surface area contributed by atoms with Crippen molar-refractivity contribution in [1.82, 2.24) is 9.21 Å². The van der Waals surface area contributed by atoms with Crippen LogP contribution in [0.25, 0.3) is 0 Å². The minimum absolute atomic E-state index is 0.127. The molecule has 0 aromatic heterocycles. The number of aryl methyl sites for hydroxylation is 2. The molecule has 3 rings (SSSR count). The third kappa shape index (κ3) is 4.36. The highest BCUT2D eigenvalue weighted by atomic mass is 32.2. The van der Waals surface area contributed by atoms with Crippen molar-refractivity contribution in [2.75, 3.05) is 26.2 Å². The lowest BCUT2D eigenvalue weighted by Gasteiger charge is -2.35. The van der Waals surface area contributed by atoms with E-state index in [4.69, 9.17) is 4.74 Å². The van der Waals surface area contributed by atoms with Gasteiger partial charge in [-0.1, -0.05) is 30.3 Å². The van der Waals surface area contributed by atoms with Crippen LogP contribution in [0.5, 0.6) is 5.75 Å². The Morgan fingerprint density at radius 2 is 1.64 bits per heavy atom. The van der Waals surface area contributed by atoms with Crippen molar-refractivity contribution >= 4 is 15.9 Å². The fraction of sp³-hybridized carbons (Fsp3) is 0.381. The summed E-state index contributed by atoms with van der Waals surface area (Å²) in [5.74, 6) is 0.573. The van der Waals surface area contributed by atoms with Crippen LogP contribution >= 0.6 is 0 Å². The lowest BCUT2D eigenvalue weighted by atomic mass is 10.1. The standard InChI is InChI=1S/C21H26N2O4S/c1-16-9-10-17(2)20(15-16)27-18(3)21(24)22-11-13-23(14-12-22)28(25,26)19-7-5-4-6-8-19/h4-10,15,18H,11-14H2,1-3H3. The van der Waals surface area contributed by atoms with Gasteiger partial charge >= 0.3 is 0 Å². The lowest BCUT2D eigenvalue weighted by molar-refractivity contribution is -0.139. The van der Waals surface area contributed by atoms with Crippen LogP contribution in [0.1, 0.15) is 18.1 Å². The molecule has 1 saturated heterocycles. The highest BCUT2D eigenvalue weighted by molar-refractivity contribution is 7.89. The maximum absolute atomic E-state index is 12.8. The van der Waals surface area contributed by atoms with Crippen LogP contribution < -0.4 is 4.74 Å². The molecule has 0 aliphatic carbocycles. The van der Waals surface area contributed by atoms with Crippen LogP contribution in [0.3, 0.4) is 0 Å². The van der Waals surface area contributed by atoms with Gasteiger partial charge in [0.15, 0.2) is 6.10 Å². The number of piperazine rings is 1. The highest BCUT2D eigenvalue weighted by Crippen LogP contribution is 2.22. The van der Waals surface area contributed by atoms with E-state index in [-0.39, 0.29) is 23.9 Å². The van der Waals surface area contributed by atoms with Gasteiger partial charge in [-0.05, 0) is 50.1 Å². The quantitative estimate of drug-likeness (QED) is 0.771. The van der Waals surface area contributed by atoms with Crippen LogP contribution in [0.4, 0.5) is 0 Å². The van der Waals surface area contributed by atoms with Gasteiger partial charge in [0.25, 0.3) is 5.91 Å². The molecular weight excluding hydrogens is 376 g/mol. The van der Waals surface area contributed by atoms with E-state index in [1.807, 2.05) is 32.0 Å². The van der Waals surface area contributed by atoms with E-state index in [0.717, 1.165) is 11.1 Å². The van der Waals surface area contributed by atoms with Crippen molar-refractivity contribution in [3.05, 3.63) is 59.7 Å².